The van der Waals surface area contributed by atoms with Crippen LogP contribution in [-0.4, -0.2) is 27.1 Å². The molecule has 0 unspecified atom stereocenters. The third kappa shape index (κ3) is 3.30. The van der Waals surface area contributed by atoms with Gasteiger partial charge in [0.2, 0.25) is 0 Å². The third-order valence-corrected chi connectivity index (χ3v) is 7.66. The van der Waals surface area contributed by atoms with Gasteiger partial charge in [0.05, 0.1) is 16.3 Å². The van der Waals surface area contributed by atoms with Crippen molar-refractivity contribution in [3.05, 3.63) is 72.3 Å². The van der Waals surface area contributed by atoms with Crippen LogP contribution in [0, 0.1) is 0 Å². The first-order valence-electron chi connectivity index (χ1n) is 9.18. The number of rotatable bonds is 4. The molecule has 29 heavy (non-hydrogen) atoms. The van der Waals surface area contributed by atoms with Gasteiger partial charge in [-0.25, -0.2) is 8.42 Å². The van der Waals surface area contributed by atoms with Gasteiger partial charge in [-0.05, 0) is 49.6 Å². The van der Waals surface area contributed by atoms with E-state index in [0.717, 1.165) is 16.1 Å². The molecule has 0 fully saturated rings. The topological polar surface area (TPSA) is 66.5 Å². The number of thioether (sulfide) groups is 1. The second kappa shape index (κ2) is 7.57. The number of nitrogens with zero attached hydrogens (tertiary/aromatic N) is 1. The van der Waals surface area contributed by atoms with Gasteiger partial charge in [0, 0.05) is 28.1 Å². The van der Waals surface area contributed by atoms with Crippen molar-refractivity contribution >= 4 is 39.1 Å². The first-order chi connectivity index (χ1) is 14.0. The van der Waals surface area contributed by atoms with Gasteiger partial charge in [-0.15, -0.1) is 11.8 Å². The lowest BCUT2D eigenvalue weighted by molar-refractivity contribution is 0.102. The largest absolute Gasteiger partial charge is 0.321 e. The Morgan fingerprint density at radius 3 is 2.48 bits per heavy atom. The van der Waals surface area contributed by atoms with Crippen LogP contribution in [-0.2, 0) is 10.0 Å². The number of fused-ring (bicyclic) bond motifs is 3. The van der Waals surface area contributed by atoms with Crippen molar-refractivity contribution in [2.45, 2.75) is 16.7 Å². The van der Waals surface area contributed by atoms with Gasteiger partial charge in [0.25, 0.3) is 15.9 Å². The zero-order valence-electron chi connectivity index (χ0n) is 16.0. The molecule has 0 saturated carbocycles. The van der Waals surface area contributed by atoms with E-state index in [-0.39, 0.29) is 10.8 Å². The molecule has 0 atom stereocenters. The highest BCUT2D eigenvalue weighted by Gasteiger charge is 2.34. The number of hydrogen-bond acceptors (Lipinski definition) is 4. The van der Waals surface area contributed by atoms with E-state index in [1.54, 1.807) is 61.2 Å². The molecular weight excluding hydrogens is 404 g/mol. The van der Waals surface area contributed by atoms with Crippen molar-refractivity contribution in [1.29, 1.82) is 0 Å². The van der Waals surface area contributed by atoms with Crippen LogP contribution in [0.4, 0.5) is 11.4 Å². The summed E-state index contributed by atoms with van der Waals surface area (Å²) in [5.74, 6) is -0.233. The minimum Gasteiger partial charge on any atom is -0.321 e. The lowest BCUT2D eigenvalue weighted by Crippen LogP contribution is -2.34. The van der Waals surface area contributed by atoms with Gasteiger partial charge in [0.1, 0.15) is 0 Å². The van der Waals surface area contributed by atoms with Gasteiger partial charge < -0.3 is 5.32 Å². The van der Waals surface area contributed by atoms with Crippen molar-refractivity contribution < 1.29 is 13.2 Å². The van der Waals surface area contributed by atoms with E-state index in [0.29, 0.717) is 23.4 Å². The average Bonchev–Trinajstić information content (AvgIpc) is 2.74. The molecule has 5 nitrogen and oxygen atoms in total. The Kier molecular flexibility index (Phi) is 5.10. The van der Waals surface area contributed by atoms with Crippen molar-refractivity contribution in [2.24, 2.45) is 0 Å². The normalized spacial score (nSPS) is 14.1. The highest BCUT2D eigenvalue weighted by Crippen LogP contribution is 2.43. The fraction of sp³-hybridized carbons (Fsp3) is 0.136. The number of benzene rings is 3. The molecule has 0 saturated heterocycles. The monoisotopic (exact) mass is 424 g/mol. The predicted octanol–water partition coefficient (Wildman–Crippen LogP) is 4.86. The first-order valence-corrected chi connectivity index (χ1v) is 11.8. The van der Waals surface area contributed by atoms with Crippen LogP contribution in [0.15, 0.2) is 76.5 Å². The van der Waals surface area contributed by atoms with E-state index in [2.05, 4.69) is 5.32 Å². The van der Waals surface area contributed by atoms with Crippen molar-refractivity contribution in [1.82, 2.24) is 0 Å². The molecule has 1 aliphatic rings. The molecule has 1 N–H and O–H groups in total. The number of amides is 1. The lowest BCUT2D eigenvalue weighted by Gasteiger charge is -2.31. The standard InChI is InChI=1S/C22H20N2O3S2/c1-3-24-19-13-12-15(22(25)23-18-9-5-6-10-20(18)28-2)14-17(19)16-8-4-7-11-21(16)29(24,26)27/h4-14H,3H2,1-2H3,(H,23,25). The molecule has 0 aliphatic carbocycles. The molecule has 0 radical (unpaired) electrons. The Morgan fingerprint density at radius 2 is 1.72 bits per heavy atom. The van der Waals surface area contributed by atoms with E-state index in [1.807, 2.05) is 30.5 Å². The highest BCUT2D eigenvalue weighted by atomic mass is 32.2. The van der Waals surface area contributed by atoms with Crippen LogP contribution in [0.1, 0.15) is 17.3 Å². The smallest absolute Gasteiger partial charge is 0.264 e. The Bertz CT molecular complexity index is 1210. The molecule has 3 aromatic carbocycles. The number of nitrogens with one attached hydrogen (secondary N) is 1. The minimum absolute atomic E-state index is 0.233. The zero-order valence-corrected chi connectivity index (χ0v) is 17.7. The van der Waals surface area contributed by atoms with Crippen molar-refractivity contribution in [3.8, 4) is 11.1 Å². The maximum atomic E-state index is 13.0. The quantitative estimate of drug-likeness (QED) is 0.608. The summed E-state index contributed by atoms with van der Waals surface area (Å²) in [5, 5.41) is 2.96. The Labute approximate surface area is 174 Å². The summed E-state index contributed by atoms with van der Waals surface area (Å²) >= 11 is 1.56. The molecule has 148 valence electrons. The summed E-state index contributed by atoms with van der Waals surface area (Å²) in [4.78, 5) is 14.1. The molecule has 3 aromatic rings. The molecule has 1 heterocycles. The summed E-state index contributed by atoms with van der Waals surface area (Å²) in [6, 6.07) is 19.7. The van der Waals surface area contributed by atoms with Crippen LogP contribution in [0.3, 0.4) is 0 Å². The summed E-state index contributed by atoms with van der Waals surface area (Å²) in [6.45, 7) is 2.12. The number of para-hydroxylation sites is 1. The fourth-order valence-electron chi connectivity index (χ4n) is 3.56. The van der Waals surface area contributed by atoms with Gasteiger partial charge >= 0.3 is 0 Å². The van der Waals surface area contributed by atoms with Crippen LogP contribution in [0.5, 0.6) is 0 Å². The van der Waals surface area contributed by atoms with Crippen molar-refractivity contribution in [2.75, 3.05) is 22.4 Å². The Morgan fingerprint density at radius 1 is 1.00 bits per heavy atom. The van der Waals surface area contributed by atoms with E-state index in [1.165, 1.54) is 4.31 Å². The summed E-state index contributed by atoms with van der Waals surface area (Å²) < 4.78 is 27.3. The number of carbonyl (C=O) groups excluding carboxylic acids is 1. The third-order valence-electron chi connectivity index (χ3n) is 4.92. The summed E-state index contributed by atoms with van der Waals surface area (Å²) in [6.07, 6.45) is 1.96. The van der Waals surface area contributed by atoms with Crippen LogP contribution in [0.25, 0.3) is 11.1 Å². The molecule has 0 spiro atoms. The summed E-state index contributed by atoms with van der Waals surface area (Å²) in [7, 11) is -3.61. The molecular formula is C22H20N2O3S2. The average molecular weight is 425 g/mol. The molecule has 7 heteroatoms. The second-order valence-electron chi connectivity index (χ2n) is 6.55. The van der Waals surface area contributed by atoms with Crippen LogP contribution < -0.4 is 9.62 Å². The van der Waals surface area contributed by atoms with Crippen LogP contribution >= 0.6 is 11.8 Å². The molecule has 0 bridgehead atoms. The minimum atomic E-state index is -3.61. The SMILES string of the molecule is CCN1c2ccc(C(=O)Nc3ccccc3SC)cc2-c2ccccc2S1(=O)=O. The number of sulfonamides is 1. The van der Waals surface area contributed by atoms with Gasteiger partial charge in [-0.3, -0.25) is 9.10 Å². The first kappa shape index (κ1) is 19.5. The van der Waals surface area contributed by atoms with Crippen LogP contribution in [0.2, 0.25) is 0 Å². The van der Waals surface area contributed by atoms with Gasteiger partial charge in [-0.2, -0.15) is 0 Å². The Hall–Kier alpha value is -2.77. The lowest BCUT2D eigenvalue weighted by atomic mass is 10.00. The molecule has 0 aromatic heterocycles. The molecule has 4 rings (SSSR count). The predicted molar refractivity (Wildman–Crippen MR) is 118 cm³/mol. The van der Waals surface area contributed by atoms with Gasteiger partial charge in [0.15, 0.2) is 0 Å². The summed E-state index contributed by atoms with van der Waals surface area (Å²) in [5.41, 5.74) is 3.17. The van der Waals surface area contributed by atoms with Crippen molar-refractivity contribution in [3.63, 3.8) is 0 Å². The molecule has 1 amide bonds. The van der Waals surface area contributed by atoms with E-state index >= 15 is 0 Å². The second-order valence-corrected chi connectivity index (χ2v) is 9.23. The van der Waals surface area contributed by atoms with E-state index in [4.69, 9.17) is 0 Å². The fourth-order valence-corrected chi connectivity index (χ4v) is 5.81. The maximum absolute atomic E-state index is 13.0. The van der Waals surface area contributed by atoms with E-state index in [9.17, 15) is 13.2 Å². The number of carbonyl (C=O) groups is 1. The zero-order chi connectivity index (χ0) is 20.6. The highest BCUT2D eigenvalue weighted by molar-refractivity contribution is 7.98. The number of hydrogen-bond donors (Lipinski definition) is 1. The van der Waals surface area contributed by atoms with Gasteiger partial charge in [-0.1, -0.05) is 30.3 Å². The number of anilines is 2. The molecule has 1 aliphatic heterocycles. The Balaban J connectivity index is 1.79. The maximum Gasteiger partial charge on any atom is 0.264 e. The van der Waals surface area contributed by atoms with E-state index < -0.39 is 10.0 Å².